The van der Waals surface area contributed by atoms with Crippen LogP contribution in [0.4, 0.5) is 0 Å². The summed E-state index contributed by atoms with van der Waals surface area (Å²) in [5.41, 5.74) is 5.83. The third-order valence-corrected chi connectivity index (χ3v) is 2.22. The van der Waals surface area contributed by atoms with Gasteiger partial charge in [0.25, 0.3) is 0 Å². The zero-order chi connectivity index (χ0) is 6.85. The van der Waals surface area contributed by atoms with Crippen LogP contribution in [0.25, 0.3) is 0 Å². The van der Waals surface area contributed by atoms with Gasteiger partial charge >= 0.3 is 0 Å². The Labute approximate surface area is 57.0 Å². The molecule has 0 aliphatic carbocycles. The number of piperidine rings is 1. The molecule has 2 nitrogen and oxygen atoms in total. The van der Waals surface area contributed by atoms with Gasteiger partial charge in [0.05, 0.1) is 0 Å². The molecule has 0 unspecified atom stereocenters. The van der Waals surface area contributed by atoms with Gasteiger partial charge in [-0.15, -0.1) is 0 Å². The predicted octanol–water partition coefficient (Wildman–Crippen LogP) is 0.285. The summed E-state index contributed by atoms with van der Waals surface area (Å²) in [5, 5.41) is 0. The molecule has 1 saturated heterocycles. The summed E-state index contributed by atoms with van der Waals surface area (Å²) in [6, 6.07) is 0.406. The van der Waals surface area contributed by atoms with Gasteiger partial charge in [-0.2, -0.15) is 0 Å². The maximum absolute atomic E-state index is 5.83. The first-order valence-corrected chi connectivity index (χ1v) is 3.64. The second-order valence-corrected chi connectivity index (χ2v) is 3.19. The van der Waals surface area contributed by atoms with Gasteiger partial charge in [-0.05, 0) is 25.9 Å². The van der Waals surface area contributed by atoms with Crippen LogP contribution in [-0.2, 0) is 0 Å². The van der Waals surface area contributed by atoms with Crippen molar-refractivity contribution in [1.29, 1.82) is 0 Å². The van der Waals surface area contributed by atoms with Crippen LogP contribution in [0.15, 0.2) is 0 Å². The minimum atomic E-state index is 0.406. The van der Waals surface area contributed by atoms with Crippen LogP contribution in [0.3, 0.4) is 0 Å². The van der Waals surface area contributed by atoms with Gasteiger partial charge in [-0.3, -0.25) is 0 Å². The number of nitrogens with two attached hydrogens (primary N) is 1. The number of likely N-dealkylation sites (tertiary alicyclic amines) is 1. The predicted molar refractivity (Wildman–Crippen MR) is 39.3 cm³/mol. The Kier molecular flexibility index (Phi) is 2.09. The SMILES string of the molecule is C[C@@H]1CCN(C)C[C@H]1N. The lowest BCUT2D eigenvalue weighted by Crippen LogP contribution is -2.45. The summed E-state index contributed by atoms with van der Waals surface area (Å²) in [5.74, 6) is 0.723. The highest BCUT2D eigenvalue weighted by atomic mass is 15.1. The molecule has 1 heterocycles. The van der Waals surface area contributed by atoms with Crippen molar-refractivity contribution in [3.63, 3.8) is 0 Å². The highest BCUT2D eigenvalue weighted by Crippen LogP contribution is 2.13. The minimum absolute atomic E-state index is 0.406. The molecule has 0 spiro atoms. The van der Waals surface area contributed by atoms with Gasteiger partial charge < -0.3 is 10.6 Å². The van der Waals surface area contributed by atoms with Crippen LogP contribution in [0, 0.1) is 5.92 Å². The molecule has 0 aromatic carbocycles. The zero-order valence-corrected chi connectivity index (χ0v) is 6.30. The van der Waals surface area contributed by atoms with Crippen molar-refractivity contribution >= 4 is 0 Å². The summed E-state index contributed by atoms with van der Waals surface area (Å²) >= 11 is 0. The number of nitrogens with zero attached hydrogens (tertiary/aromatic N) is 1. The maximum Gasteiger partial charge on any atom is 0.0194 e. The van der Waals surface area contributed by atoms with E-state index in [1.165, 1.54) is 13.0 Å². The molecule has 0 saturated carbocycles. The number of hydrogen-bond acceptors (Lipinski definition) is 2. The van der Waals surface area contributed by atoms with Gasteiger partial charge in [0.15, 0.2) is 0 Å². The summed E-state index contributed by atoms with van der Waals surface area (Å²) in [6.07, 6.45) is 1.26. The monoisotopic (exact) mass is 128 g/mol. The molecule has 0 bridgehead atoms. The van der Waals surface area contributed by atoms with Crippen LogP contribution < -0.4 is 5.73 Å². The lowest BCUT2D eigenvalue weighted by Gasteiger charge is -2.32. The van der Waals surface area contributed by atoms with Gasteiger partial charge in [-0.25, -0.2) is 0 Å². The van der Waals surface area contributed by atoms with Gasteiger partial charge in [0.1, 0.15) is 0 Å². The molecule has 1 rings (SSSR count). The lowest BCUT2D eigenvalue weighted by atomic mass is 9.95. The van der Waals surface area contributed by atoms with E-state index in [2.05, 4.69) is 18.9 Å². The van der Waals surface area contributed by atoms with Gasteiger partial charge in [0.2, 0.25) is 0 Å². The molecular weight excluding hydrogens is 112 g/mol. The van der Waals surface area contributed by atoms with E-state index in [0.29, 0.717) is 6.04 Å². The second kappa shape index (κ2) is 2.67. The summed E-state index contributed by atoms with van der Waals surface area (Å²) in [6.45, 7) is 4.52. The fourth-order valence-electron chi connectivity index (χ4n) is 1.27. The Morgan fingerprint density at radius 1 is 1.56 bits per heavy atom. The number of rotatable bonds is 0. The van der Waals surface area contributed by atoms with Crippen molar-refractivity contribution in [1.82, 2.24) is 4.90 Å². The first kappa shape index (κ1) is 7.03. The summed E-state index contributed by atoms with van der Waals surface area (Å²) in [4.78, 5) is 2.30. The van der Waals surface area contributed by atoms with Crippen molar-refractivity contribution in [2.24, 2.45) is 11.7 Å². The topological polar surface area (TPSA) is 29.3 Å². The molecule has 2 atom stereocenters. The fourth-order valence-corrected chi connectivity index (χ4v) is 1.27. The van der Waals surface area contributed by atoms with Crippen LogP contribution in [0.1, 0.15) is 13.3 Å². The molecule has 54 valence electrons. The van der Waals surface area contributed by atoms with Gasteiger partial charge in [0, 0.05) is 12.6 Å². The van der Waals surface area contributed by atoms with Crippen molar-refractivity contribution in [3.05, 3.63) is 0 Å². The third kappa shape index (κ3) is 1.66. The molecule has 0 aromatic heterocycles. The van der Waals surface area contributed by atoms with Crippen LogP contribution in [-0.4, -0.2) is 31.1 Å². The minimum Gasteiger partial charge on any atom is -0.326 e. The number of likely N-dealkylation sites (N-methyl/N-ethyl adjacent to an activating group) is 1. The second-order valence-electron chi connectivity index (χ2n) is 3.19. The zero-order valence-electron chi connectivity index (χ0n) is 6.30. The van der Waals surface area contributed by atoms with Crippen molar-refractivity contribution in [2.75, 3.05) is 20.1 Å². The molecule has 1 fully saturated rings. The fraction of sp³-hybridized carbons (Fsp3) is 1.00. The van der Waals surface area contributed by atoms with Crippen molar-refractivity contribution < 1.29 is 0 Å². The largest absolute Gasteiger partial charge is 0.326 e. The molecule has 2 heteroatoms. The van der Waals surface area contributed by atoms with Crippen LogP contribution >= 0.6 is 0 Å². The Morgan fingerprint density at radius 2 is 2.22 bits per heavy atom. The summed E-state index contributed by atoms with van der Waals surface area (Å²) in [7, 11) is 2.13. The summed E-state index contributed by atoms with van der Waals surface area (Å²) < 4.78 is 0. The Morgan fingerprint density at radius 3 is 2.67 bits per heavy atom. The van der Waals surface area contributed by atoms with Crippen molar-refractivity contribution in [2.45, 2.75) is 19.4 Å². The van der Waals surface area contributed by atoms with E-state index in [1.54, 1.807) is 0 Å². The van der Waals surface area contributed by atoms with Crippen LogP contribution in [0.5, 0.6) is 0 Å². The maximum atomic E-state index is 5.83. The average molecular weight is 128 g/mol. The molecule has 9 heavy (non-hydrogen) atoms. The Hall–Kier alpha value is -0.0800. The molecular formula is C7H16N2. The van der Waals surface area contributed by atoms with Crippen molar-refractivity contribution in [3.8, 4) is 0 Å². The quantitative estimate of drug-likeness (QED) is 0.508. The Balaban J connectivity index is 2.35. The van der Waals surface area contributed by atoms with Gasteiger partial charge in [-0.1, -0.05) is 6.92 Å². The first-order valence-electron chi connectivity index (χ1n) is 3.64. The highest BCUT2D eigenvalue weighted by Gasteiger charge is 2.19. The standard InChI is InChI=1S/C7H16N2/c1-6-3-4-9(2)5-7(6)8/h6-7H,3-5,8H2,1-2H3/t6-,7-/m1/s1. The normalized spacial score (nSPS) is 39.0. The Bertz CT molecular complexity index is 92.9. The lowest BCUT2D eigenvalue weighted by molar-refractivity contribution is 0.201. The first-order chi connectivity index (χ1) is 4.20. The average Bonchev–Trinajstić information content (AvgIpc) is 1.80. The van der Waals surface area contributed by atoms with E-state index >= 15 is 0 Å². The molecule has 0 amide bonds. The molecule has 0 radical (unpaired) electrons. The molecule has 2 N–H and O–H groups in total. The van der Waals surface area contributed by atoms with E-state index in [0.717, 1.165) is 12.5 Å². The van der Waals surface area contributed by atoms with E-state index in [9.17, 15) is 0 Å². The smallest absolute Gasteiger partial charge is 0.0194 e. The third-order valence-electron chi connectivity index (χ3n) is 2.22. The van der Waals surface area contributed by atoms with E-state index in [1.807, 2.05) is 0 Å². The van der Waals surface area contributed by atoms with E-state index < -0.39 is 0 Å². The molecule has 1 aliphatic rings. The van der Waals surface area contributed by atoms with Crippen LogP contribution in [0.2, 0.25) is 0 Å². The number of hydrogen-bond donors (Lipinski definition) is 1. The highest BCUT2D eigenvalue weighted by molar-refractivity contribution is 4.78. The van der Waals surface area contributed by atoms with E-state index in [-0.39, 0.29) is 0 Å². The van der Waals surface area contributed by atoms with E-state index in [4.69, 9.17) is 5.73 Å². The molecule has 0 aromatic rings. The molecule has 1 aliphatic heterocycles.